The van der Waals surface area contributed by atoms with Crippen molar-refractivity contribution in [2.24, 2.45) is 5.84 Å². The number of aromatic nitrogens is 1. The Labute approximate surface area is 82.8 Å². The number of nitrogens with zero attached hydrogens (tertiary/aromatic N) is 1. The van der Waals surface area contributed by atoms with Gasteiger partial charge in [0.05, 0.1) is 6.20 Å². The Morgan fingerprint density at radius 2 is 2.43 bits per heavy atom. The summed E-state index contributed by atoms with van der Waals surface area (Å²) in [4.78, 5) is 3.76. The van der Waals surface area contributed by atoms with E-state index in [1.54, 1.807) is 12.3 Å². The molecule has 0 radical (unpaired) electrons. The number of halogens is 1. The topological polar surface area (TPSA) is 50.9 Å². The monoisotopic (exact) mass is 195 g/mol. The second kappa shape index (κ2) is 5.47. The summed E-state index contributed by atoms with van der Waals surface area (Å²) in [5, 5.41) is 0. The number of hydrazine groups is 1. The third kappa shape index (κ3) is 2.90. The predicted octanol–water partition coefficient (Wildman–Crippen LogP) is 1.69. The third-order valence-corrected chi connectivity index (χ3v) is 1.99. The van der Waals surface area contributed by atoms with Crippen LogP contribution in [0.15, 0.2) is 31.1 Å². The summed E-state index contributed by atoms with van der Waals surface area (Å²) < 4.78 is 12.8. The van der Waals surface area contributed by atoms with Crippen molar-refractivity contribution in [3.63, 3.8) is 0 Å². The second-order valence-corrected chi connectivity index (χ2v) is 3.02. The smallest absolute Gasteiger partial charge is 0.141 e. The van der Waals surface area contributed by atoms with Crippen molar-refractivity contribution >= 4 is 0 Å². The first-order valence-corrected chi connectivity index (χ1v) is 4.45. The molecule has 0 bridgehead atoms. The molecule has 14 heavy (non-hydrogen) atoms. The summed E-state index contributed by atoms with van der Waals surface area (Å²) >= 11 is 0. The summed E-state index contributed by atoms with van der Waals surface area (Å²) in [5.41, 5.74) is 3.38. The maximum absolute atomic E-state index is 12.8. The first-order chi connectivity index (χ1) is 6.77. The maximum atomic E-state index is 12.8. The molecule has 0 aliphatic heterocycles. The van der Waals surface area contributed by atoms with Gasteiger partial charge in [-0.2, -0.15) is 0 Å². The molecule has 0 spiro atoms. The van der Waals surface area contributed by atoms with Gasteiger partial charge in [-0.1, -0.05) is 6.08 Å². The van der Waals surface area contributed by atoms with Crippen LogP contribution in [0.25, 0.3) is 0 Å². The van der Waals surface area contributed by atoms with Crippen LogP contribution in [0.4, 0.5) is 4.39 Å². The standard InChI is InChI=1S/C10H14FN3/c1-2-3-4-10(14-12)8-5-9(11)7-13-6-8/h2,5-7,10,14H,1,3-4,12H2. The number of nitrogens with two attached hydrogens (primary N) is 1. The van der Waals surface area contributed by atoms with Gasteiger partial charge in [0.15, 0.2) is 0 Å². The third-order valence-electron chi connectivity index (χ3n) is 1.99. The Bertz CT molecular complexity index is 301. The van der Waals surface area contributed by atoms with Gasteiger partial charge < -0.3 is 0 Å². The first-order valence-electron chi connectivity index (χ1n) is 4.45. The fourth-order valence-corrected chi connectivity index (χ4v) is 1.25. The molecule has 3 N–H and O–H groups in total. The van der Waals surface area contributed by atoms with Gasteiger partial charge in [-0.25, -0.2) is 4.39 Å². The highest BCUT2D eigenvalue weighted by molar-refractivity contribution is 5.14. The van der Waals surface area contributed by atoms with Gasteiger partial charge in [-0.15, -0.1) is 6.58 Å². The fourth-order valence-electron chi connectivity index (χ4n) is 1.25. The molecule has 0 aromatic carbocycles. The number of pyridine rings is 1. The minimum absolute atomic E-state index is 0.0730. The number of nitrogens with one attached hydrogen (secondary N) is 1. The Morgan fingerprint density at radius 1 is 1.64 bits per heavy atom. The van der Waals surface area contributed by atoms with E-state index in [0.29, 0.717) is 0 Å². The maximum Gasteiger partial charge on any atom is 0.141 e. The van der Waals surface area contributed by atoms with Crippen LogP contribution in [-0.2, 0) is 0 Å². The van der Waals surface area contributed by atoms with E-state index >= 15 is 0 Å². The van der Waals surface area contributed by atoms with E-state index in [1.165, 1.54) is 12.3 Å². The lowest BCUT2D eigenvalue weighted by molar-refractivity contribution is 0.513. The minimum Gasteiger partial charge on any atom is -0.271 e. The summed E-state index contributed by atoms with van der Waals surface area (Å²) in [6.07, 6.45) is 6.19. The van der Waals surface area contributed by atoms with Crippen LogP contribution < -0.4 is 11.3 Å². The molecule has 4 heteroatoms. The van der Waals surface area contributed by atoms with Crippen LogP contribution in [0.5, 0.6) is 0 Å². The zero-order valence-electron chi connectivity index (χ0n) is 7.91. The normalized spacial score (nSPS) is 12.4. The second-order valence-electron chi connectivity index (χ2n) is 3.02. The number of rotatable bonds is 5. The molecule has 1 unspecified atom stereocenters. The van der Waals surface area contributed by atoms with Crippen LogP contribution in [0.1, 0.15) is 24.4 Å². The van der Waals surface area contributed by atoms with Crippen molar-refractivity contribution in [1.29, 1.82) is 0 Å². The van der Waals surface area contributed by atoms with Crippen molar-refractivity contribution in [2.75, 3.05) is 0 Å². The zero-order chi connectivity index (χ0) is 10.4. The van der Waals surface area contributed by atoms with Gasteiger partial charge in [0.1, 0.15) is 5.82 Å². The summed E-state index contributed by atoms with van der Waals surface area (Å²) in [6, 6.07) is 1.36. The van der Waals surface area contributed by atoms with E-state index in [-0.39, 0.29) is 11.9 Å². The average molecular weight is 195 g/mol. The molecule has 0 amide bonds. The number of hydrogen-bond acceptors (Lipinski definition) is 3. The van der Waals surface area contributed by atoms with E-state index in [4.69, 9.17) is 5.84 Å². The molecule has 1 heterocycles. The van der Waals surface area contributed by atoms with Crippen molar-refractivity contribution < 1.29 is 4.39 Å². The average Bonchev–Trinajstić information content (AvgIpc) is 2.19. The van der Waals surface area contributed by atoms with Crippen molar-refractivity contribution in [1.82, 2.24) is 10.4 Å². The van der Waals surface area contributed by atoms with Crippen LogP contribution in [0.2, 0.25) is 0 Å². The van der Waals surface area contributed by atoms with E-state index in [2.05, 4.69) is 17.0 Å². The highest BCUT2D eigenvalue weighted by Gasteiger charge is 2.09. The Kier molecular flexibility index (Phi) is 4.22. The van der Waals surface area contributed by atoms with Gasteiger partial charge in [0.2, 0.25) is 0 Å². The van der Waals surface area contributed by atoms with E-state index in [0.717, 1.165) is 18.4 Å². The molecule has 0 saturated carbocycles. The largest absolute Gasteiger partial charge is 0.271 e. The molecule has 76 valence electrons. The van der Waals surface area contributed by atoms with E-state index in [9.17, 15) is 4.39 Å². The van der Waals surface area contributed by atoms with Gasteiger partial charge in [0.25, 0.3) is 0 Å². The highest BCUT2D eigenvalue weighted by atomic mass is 19.1. The summed E-state index contributed by atoms with van der Waals surface area (Å²) in [7, 11) is 0. The molecular formula is C10H14FN3. The lowest BCUT2D eigenvalue weighted by Crippen LogP contribution is -2.28. The van der Waals surface area contributed by atoms with E-state index < -0.39 is 0 Å². The van der Waals surface area contributed by atoms with Crippen LogP contribution in [-0.4, -0.2) is 4.98 Å². The zero-order valence-corrected chi connectivity index (χ0v) is 7.91. The first kappa shape index (κ1) is 10.8. The van der Waals surface area contributed by atoms with Gasteiger partial charge in [-0.3, -0.25) is 16.3 Å². The van der Waals surface area contributed by atoms with Crippen molar-refractivity contribution in [3.05, 3.63) is 42.5 Å². The molecule has 1 aromatic heterocycles. The quantitative estimate of drug-likeness (QED) is 0.427. The van der Waals surface area contributed by atoms with Crippen LogP contribution in [0, 0.1) is 5.82 Å². The molecule has 1 aromatic rings. The Balaban J connectivity index is 2.72. The van der Waals surface area contributed by atoms with Crippen molar-refractivity contribution in [3.8, 4) is 0 Å². The molecule has 1 rings (SSSR count). The fraction of sp³-hybridized carbons (Fsp3) is 0.300. The van der Waals surface area contributed by atoms with Gasteiger partial charge in [-0.05, 0) is 24.5 Å². The van der Waals surface area contributed by atoms with Crippen LogP contribution in [0.3, 0.4) is 0 Å². The van der Waals surface area contributed by atoms with Gasteiger partial charge in [0, 0.05) is 12.2 Å². The predicted molar refractivity (Wildman–Crippen MR) is 53.7 cm³/mol. The van der Waals surface area contributed by atoms with Crippen molar-refractivity contribution in [2.45, 2.75) is 18.9 Å². The number of allylic oxidation sites excluding steroid dienone is 1. The molecule has 0 aliphatic carbocycles. The minimum atomic E-state index is -0.346. The van der Waals surface area contributed by atoms with Gasteiger partial charge >= 0.3 is 0 Å². The molecule has 0 aliphatic rings. The summed E-state index contributed by atoms with van der Waals surface area (Å²) in [6.45, 7) is 3.62. The molecule has 0 fully saturated rings. The van der Waals surface area contributed by atoms with E-state index in [1.807, 2.05) is 0 Å². The molecule has 0 saturated heterocycles. The SMILES string of the molecule is C=CCCC(NN)c1cncc(F)c1. The lowest BCUT2D eigenvalue weighted by Gasteiger charge is -2.14. The Hall–Kier alpha value is -1.26. The molecule has 3 nitrogen and oxygen atoms in total. The number of hydrogen-bond donors (Lipinski definition) is 2. The highest BCUT2D eigenvalue weighted by Crippen LogP contribution is 2.17. The lowest BCUT2D eigenvalue weighted by atomic mass is 10.0. The Morgan fingerprint density at radius 3 is 3.00 bits per heavy atom. The molecular weight excluding hydrogens is 181 g/mol. The van der Waals surface area contributed by atoms with Crippen LogP contribution >= 0.6 is 0 Å². The molecule has 1 atom stereocenters. The summed E-state index contributed by atoms with van der Waals surface area (Å²) in [5.74, 6) is 5.02.